The monoisotopic (exact) mass is 199 g/mol. The van der Waals surface area contributed by atoms with Gasteiger partial charge in [-0.05, 0) is 38.6 Å². The second-order valence-electron chi connectivity index (χ2n) is 4.67. The number of ether oxygens (including phenoxy) is 1. The van der Waals surface area contributed by atoms with Crippen molar-refractivity contribution in [1.82, 2.24) is 4.90 Å². The first-order valence-electron chi connectivity index (χ1n) is 6.05. The van der Waals surface area contributed by atoms with Crippen molar-refractivity contribution in [1.29, 1.82) is 0 Å². The lowest BCUT2D eigenvalue weighted by atomic mass is 10.1. The Morgan fingerprint density at radius 2 is 2.29 bits per heavy atom. The highest BCUT2D eigenvalue weighted by molar-refractivity contribution is 4.76. The minimum absolute atomic E-state index is 0.682. The van der Waals surface area contributed by atoms with Gasteiger partial charge in [0.1, 0.15) is 0 Å². The fourth-order valence-corrected chi connectivity index (χ4v) is 2.15. The Morgan fingerprint density at radius 3 is 2.86 bits per heavy atom. The van der Waals surface area contributed by atoms with Crippen LogP contribution in [0.5, 0.6) is 0 Å². The highest BCUT2D eigenvalue weighted by atomic mass is 16.5. The van der Waals surface area contributed by atoms with Gasteiger partial charge >= 0.3 is 0 Å². The van der Waals surface area contributed by atoms with Crippen LogP contribution in [-0.2, 0) is 4.74 Å². The smallest absolute Gasteiger partial charge is 0.0503 e. The third-order valence-electron chi connectivity index (χ3n) is 2.99. The number of nitrogens with zero attached hydrogens (tertiary/aromatic N) is 1. The fraction of sp³-hybridized carbons (Fsp3) is 1.00. The molecule has 84 valence electrons. The Kier molecular flexibility index (Phi) is 5.49. The summed E-state index contributed by atoms with van der Waals surface area (Å²) in [6.07, 6.45) is 3.89. The van der Waals surface area contributed by atoms with Gasteiger partial charge in [0, 0.05) is 19.2 Å². The van der Waals surface area contributed by atoms with Crippen LogP contribution in [0.1, 0.15) is 40.0 Å². The predicted octanol–water partition coefficient (Wildman–Crippen LogP) is 2.53. The molecule has 1 rings (SSSR count). The number of rotatable bonds is 6. The van der Waals surface area contributed by atoms with E-state index in [2.05, 4.69) is 25.7 Å². The summed E-state index contributed by atoms with van der Waals surface area (Å²) in [4.78, 5) is 2.60. The molecule has 0 spiro atoms. The van der Waals surface area contributed by atoms with Crippen molar-refractivity contribution in [3.05, 3.63) is 0 Å². The van der Waals surface area contributed by atoms with Crippen molar-refractivity contribution < 1.29 is 4.74 Å². The number of hydrogen-bond acceptors (Lipinski definition) is 2. The molecule has 0 bridgehead atoms. The number of likely N-dealkylation sites (tertiary alicyclic amines) is 1. The first-order chi connectivity index (χ1) is 6.74. The van der Waals surface area contributed by atoms with Gasteiger partial charge in [0.15, 0.2) is 0 Å². The van der Waals surface area contributed by atoms with Crippen LogP contribution in [0.4, 0.5) is 0 Å². The van der Waals surface area contributed by atoms with Crippen molar-refractivity contribution in [2.75, 3.05) is 26.3 Å². The highest BCUT2D eigenvalue weighted by Crippen LogP contribution is 2.17. The molecule has 1 heterocycles. The first-order valence-corrected chi connectivity index (χ1v) is 6.05. The Bertz CT molecular complexity index is 149. The maximum absolute atomic E-state index is 5.56. The molecule has 2 unspecified atom stereocenters. The van der Waals surface area contributed by atoms with Crippen LogP contribution in [0.25, 0.3) is 0 Å². The zero-order valence-electron chi connectivity index (χ0n) is 9.96. The Labute approximate surface area is 88.6 Å². The SMILES string of the molecule is CCCOCC(C)CN1CCCC1C. The molecule has 1 fully saturated rings. The van der Waals surface area contributed by atoms with E-state index in [1.54, 1.807) is 0 Å². The van der Waals surface area contributed by atoms with Crippen LogP contribution in [0.3, 0.4) is 0 Å². The molecule has 2 heteroatoms. The molecule has 14 heavy (non-hydrogen) atoms. The molecule has 0 aromatic heterocycles. The van der Waals surface area contributed by atoms with Crippen LogP contribution >= 0.6 is 0 Å². The predicted molar refractivity (Wildman–Crippen MR) is 60.5 cm³/mol. The van der Waals surface area contributed by atoms with E-state index < -0.39 is 0 Å². The molecule has 1 aliphatic heterocycles. The lowest BCUT2D eigenvalue weighted by Crippen LogP contribution is -2.32. The summed E-state index contributed by atoms with van der Waals surface area (Å²) in [6, 6.07) is 0.795. The van der Waals surface area contributed by atoms with Gasteiger partial charge in [-0.15, -0.1) is 0 Å². The van der Waals surface area contributed by atoms with Crippen molar-refractivity contribution in [2.45, 2.75) is 46.1 Å². The second kappa shape index (κ2) is 6.41. The van der Waals surface area contributed by atoms with E-state index in [0.29, 0.717) is 5.92 Å². The molecule has 2 nitrogen and oxygen atoms in total. The van der Waals surface area contributed by atoms with Gasteiger partial charge in [-0.2, -0.15) is 0 Å². The van der Waals surface area contributed by atoms with Gasteiger partial charge in [-0.3, -0.25) is 0 Å². The van der Waals surface area contributed by atoms with E-state index in [1.807, 2.05) is 0 Å². The van der Waals surface area contributed by atoms with Gasteiger partial charge < -0.3 is 9.64 Å². The van der Waals surface area contributed by atoms with Crippen LogP contribution < -0.4 is 0 Å². The van der Waals surface area contributed by atoms with Gasteiger partial charge in [0.2, 0.25) is 0 Å². The molecule has 0 aromatic carbocycles. The lowest BCUT2D eigenvalue weighted by molar-refractivity contribution is 0.0867. The van der Waals surface area contributed by atoms with E-state index >= 15 is 0 Å². The molecule has 0 N–H and O–H groups in total. The van der Waals surface area contributed by atoms with Crippen LogP contribution in [0, 0.1) is 5.92 Å². The summed E-state index contributed by atoms with van der Waals surface area (Å²) < 4.78 is 5.56. The molecule has 0 aliphatic carbocycles. The molecular formula is C12H25NO. The maximum atomic E-state index is 5.56. The normalized spacial score (nSPS) is 25.5. The molecule has 0 saturated carbocycles. The topological polar surface area (TPSA) is 12.5 Å². The average Bonchev–Trinajstić information content (AvgIpc) is 2.52. The summed E-state index contributed by atoms with van der Waals surface area (Å²) in [7, 11) is 0. The second-order valence-corrected chi connectivity index (χ2v) is 4.67. The Morgan fingerprint density at radius 1 is 1.50 bits per heavy atom. The lowest BCUT2D eigenvalue weighted by Gasteiger charge is -2.24. The minimum atomic E-state index is 0.682. The summed E-state index contributed by atoms with van der Waals surface area (Å²) >= 11 is 0. The van der Waals surface area contributed by atoms with E-state index in [4.69, 9.17) is 4.74 Å². The Balaban J connectivity index is 2.09. The van der Waals surface area contributed by atoms with E-state index in [-0.39, 0.29) is 0 Å². The molecule has 1 saturated heterocycles. The van der Waals surface area contributed by atoms with Crippen LogP contribution in [0.15, 0.2) is 0 Å². The third-order valence-corrected chi connectivity index (χ3v) is 2.99. The van der Waals surface area contributed by atoms with Gasteiger partial charge in [-0.25, -0.2) is 0 Å². The first kappa shape index (κ1) is 12.0. The largest absolute Gasteiger partial charge is 0.381 e. The standard InChI is InChI=1S/C12H25NO/c1-4-8-14-10-11(2)9-13-7-5-6-12(13)3/h11-12H,4-10H2,1-3H3. The van der Waals surface area contributed by atoms with Crippen molar-refractivity contribution in [3.8, 4) is 0 Å². The zero-order valence-corrected chi connectivity index (χ0v) is 9.96. The average molecular weight is 199 g/mol. The van der Waals surface area contributed by atoms with Gasteiger partial charge in [0.05, 0.1) is 6.61 Å². The molecule has 0 aromatic rings. The summed E-state index contributed by atoms with van der Waals surface area (Å²) in [5.41, 5.74) is 0. The van der Waals surface area contributed by atoms with Crippen molar-refractivity contribution >= 4 is 0 Å². The summed E-state index contributed by atoms with van der Waals surface area (Å²) in [5, 5.41) is 0. The zero-order chi connectivity index (χ0) is 10.4. The van der Waals surface area contributed by atoms with Crippen LogP contribution in [-0.4, -0.2) is 37.2 Å². The van der Waals surface area contributed by atoms with Crippen LogP contribution in [0.2, 0.25) is 0 Å². The molecule has 1 aliphatic rings. The highest BCUT2D eigenvalue weighted by Gasteiger charge is 2.21. The molecule has 0 radical (unpaired) electrons. The minimum Gasteiger partial charge on any atom is -0.381 e. The molecule has 2 atom stereocenters. The molecule has 0 amide bonds. The van der Waals surface area contributed by atoms with Crippen molar-refractivity contribution in [3.63, 3.8) is 0 Å². The third kappa shape index (κ3) is 3.97. The quantitative estimate of drug-likeness (QED) is 0.610. The fourth-order valence-electron chi connectivity index (χ4n) is 2.15. The van der Waals surface area contributed by atoms with E-state index in [1.165, 1.54) is 25.9 Å². The van der Waals surface area contributed by atoms with E-state index in [0.717, 1.165) is 25.7 Å². The van der Waals surface area contributed by atoms with Crippen molar-refractivity contribution in [2.24, 2.45) is 5.92 Å². The maximum Gasteiger partial charge on any atom is 0.0503 e. The number of hydrogen-bond donors (Lipinski definition) is 0. The summed E-state index contributed by atoms with van der Waals surface area (Å²) in [6.45, 7) is 11.1. The van der Waals surface area contributed by atoms with Gasteiger partial charge in [-0.1, -0.05) is 13.8 Å². The molecular weight excluding hydrogens is 174 g/mol. The summed E-state index contributed by atoms with van der Waals surface area (Å²) in [5.74, 6) is 0.682. The Hall–Kier alpha value is -0.0800. The van der Waals surface area contributed by atoms with Gasteiger partial charge in [0.25, 0.3) is 0 Å². The van der Waals surface area contributed by atoms with E-state index in [9.17, 15) is 0 Å².